The number of rotatable bonds is 1. The molecule has 0 bridgehead atoms. The second kappa shape index (κ2) is 4.57. The van der Waals surface area contributed by atoms with Crippen LogP contribution in [-0.2, 0) is 0 Å². The van der Waals surface area contributed by atoms with E-state index in [1.54, 1.807) is 24.3 Å². The van der Waals surface area contributed by atoms with Crippen molar-refractivity contribution in [2.75, 3.05) is 0 Å². The number of pyridine rings is 1. The topological polar surface area (TPSA) is 59.4 Å². The van der Waals surface area contributed by atoms with Crippen LogP contribution >= 0.6 is 0 Å². The van der Waals surface area contributed by atoms with Gasteiger partial charge in [0.25, 0.3) is 0 Å². The summed E-state index contributed by atoms with van der Waals surface area (Å²) in [6.07, 6.45) is 1.53. The van der Waals surface area contributed by atoms with Crippen LogP contribution in [0.4, 0.5) is 5.69 Å². The third-order valence-corrected chi connectivity index (χ3v) is 2.93. The van der Waals surface area contributed by atoms with Gasteiger partial charge in [0.2, 0.25) is 5.78 Å². The van der Waals surface area contributed by atoms with E-state index in [2.05, 4.69) is 9.98 Å². The van der Waals surface area contributed by atoms with Gasteiger partial charge in [-0.1, -0.05) is 18.2 Å². The van der Waals surface area contributed by atoms with Crippen LogP contribution in [0.3, 0.4) is 0 Å². The molecule has 0 atom stereocenters. The molecule has 0 N–H and O–H groups in total. The molecule has 4 heteroatoms. The number of benzene rings is 1. The number of aromatic nitrogens is 1. The van der Waals surface area contributed by atoms with Gasteiger partial charge >= 0.3 is 0 Å². The Kier molecular flexibility index (Phi) is 2.76. The molecule has 1 aromatic heterocycles. The van der Waals surface area contributed by atoms with E-state index in [9.17, 15) is 9.59 Å². The molecule has 1 aliphatic rings. The zero-order chi connectivity index (χ0) is 13.2. The lowest BCUT2D eigenvalue weighted by Gasteiger charge is -2.14. The van der Waals surface area contributed by atoms with Crippen LogP contribution in [0.1, 0.15) is 27.3 Å². The van der Waals surface area contributed by atoms with E-state index < -0.39 is 0 Å². The Morgan fingerprint density at radius 1 is 1.00 bits per heavy atom. The van der Waals surface area contributed by atoms with Crippen LogP contribution in [0.5, 0.6) is 0 Å². The van der Waals surface area contributed by atoms with Crippen molar-refractivity contribution in [1.29, 1.82) is 0 Å². The number of ketones is 2. The Hall–Kier alpha value is -2.62. The Morgan fingerprint density at radius 2 is 1.79 bits per heavy atom. The summed E-state index contributed by atoms with van der Waals surface area (Å²) >= 11 is 0. The van der Waals surface area contributed by atoms with Gasteiger partial charge < -0.3 is 0 Å². The van der Waals surface area contributed by atoms with Crippen molar-refractivity contribution in [3.8, 4) is 0 Å². The molecule has 0 spiro atoms. The van der Waals surface area contributed by atoms with Gasteiger partial charge in [-0.2, -0.15) is 0 Å². The molecule has 3 rings (SSSR count). The molecule has 92 valence electrons. The number of aliphatic imine (C=N–C) groups is 1. The average molecular weight is 250 g/mol. The summed E-state index contributed by atoms with van der Waals surface area (Å²) in [5, 5.41) is 0. The summed E-state index contributed by atoms with van der Waals surface area (Å²) in [7, 11) is 0. The van der Waals surface area contributed by atoms with Crippen molar-refractivity contribution in [1.82, 2.24) is 4.98 Å². The fourth-order valence-electron chi connectivity index (χ4n) is 2.03. The Balaban J connectivity index is 2.06. The highest BCUT2D eigenvalue weighted by Gasteiger charge is 2.29. The fraction of sp³-hybridized carbons (Fsp3) is 0.0667. The zero-order valence-corrected chi connectivity index (χ0v) is 10.0. The highest BCUT2D eigenvalue weighted by atomic mass is 16.1. The number of hydrogen-bond donors (Lipinski definition) is 0. The molecule has 0 aliphatic heterocycles. The third-order valence-electron chi connectivity index (χ3n) is 2.93. The predicted molar refractivity (Wildman–Crippen MR) is 71.1 cm³/mol. The molecule has 19 heavy (non-hydrogen) atoms. The van der Waals surface area contributed by atoms with E-state index in [-0.39, 0.29) is 29.4 Å². The van der Waals surface area contributed by atoms with Crippen molar-refractivity contribution in [3.63, 3.8) is 0 Å². The predicted octanol–water partition coefficient (Wildman–Crippen LogP) is 2.62. The van der Waals surface area contributed by atoms with Gasteiger partial charge in [-0.15, -0.1) is 0 Å². The second-order valence-corrected chi connectivity index (χ2v) is 4.22. The maximum atomic E-state index is 12.2. The van der Waals surface area contributed by atoms with E-state index in [1.807, 2.05) is 18.2 Å². The van der Waals surface area contributed by atoms with E-state index in [1.165, 1.54) is 6.20 Å². The molecule has 2 aromatic rings. The number of fused-ring (bicyclic) bond motifs is 1. The first-order chi connectivity index (χ1) is 9.25. The SMILES string of the molecule is O=C1C(=Nc2ccccc2)CC(=O)c2ncccc21. The first-order valence-electron chi connectivity index (χ1n) is 5.91. The minimum absolute atomic E-state index is 0.0116. The lowest BCUT2D eigenvalue weighted by atomic mass is 9.92. The number of nitrogens with zero attached hydrogens (tertiary/aromatic N) is 2. The van der Waals surface area contributed by atoms with Crippen molar-refractivity contribution in [2.45, 2.75) is 6.42 Å². The molecule has 1 aliphatic carbocycles. The Bertz CT molecular complexity index is 690. The molecular weight excluding hydrogens is 240 g/mol. The molecule has 0 saturated heterocycles. The average Bonchev–Trinajstić information content (AvgIpc) is 2.46. The molecule has 0 amide bonds. The highest BCUT2D eigenvalue weighted by molar-refractivity contribution is 6.52. The maximum Gasteiger partial charge on any atom is 0.209 e. The van der Waals surface area contributed by atoms with Gasteiger partial charge in [-0.05, 0) is 24.3 Å². The van der Waals surface area contributed by atoms with Gasteiger partial charge in [0.15, 0.2) is 5.78 Å². The monoisotopic (exact) mass is 250 g/mol. The highest BCUT2D eigenvalue weighted by Crippen LogP contribution is 2.20. The lowest BCUT2D eigenvalue weighted by Crippen LogP contribution is -2.27. The van der Waals surface area contributed by atoms with Crippen molar-refractivity contribution in [2.24, 2.45) is 4.99 Å². The van der Waals surface area contributed by atoms with Crippen LogP contribution < -0.4 is 0 Å². The van der Waals surface area contributed by atoms with Gasteiger partial charge in [-0.3, -0.25) is 14.6 Å². The normalized spacial score (nSPS) is 16.5. The Morgan fingerprint density at radius 3 is 2.58 bits per heavy atom. The number of carbonyl (C=O) groups is 2. The molecule has 1 heterocycles. The number of Topliss-reactive ketones (excluding diaryl/α,β-unsaturated/α-hetero) is 2. The molecule has 0 radical (unpaired) electrons. The summed E-state index contributed by atoms with van der Waals surface area (Å²) in [5.41, 5.74) is 1.54. The van der Waals surface area contributed by atoms with Gasteiger partial charge in [0.1, 0.15) is 5.69 Å². The quantitative estimate of drug-likeness (QED) is 0.781. The summed E-state index contributed by atoms with van der Waals surface area (Å²) in [6, 6.07) is 12.4. The van der Waals surface area contributed by atoms with Gasteiger partial charge in [0.05, 0.1) is 23.4 Å². The van der Waals surface area contributed by atoms with Crippen LogP contribution in [0.15, 0.2) is 53.7 Å². The zero-order valence-electron chi connectivity index (χ0n) is 10.0. The number of para-hydroxylation sites is 1. The summed E-state index contributed by atoms with van der Waals surface area (Å²) in [4.78, 5) is 32.4. The molecule has 0 unspecified atom stereocenters. The summed E-state index contributed by atoms with van der Waals surface area (Å²) in [5.74, 6) is -0.378. The van der Waals surface area contributed by atoms with Crippen molar-refractivity contribution in [3.05, 3.63) is 59.9 Å². The number of carbonyl (C=O) groups excluding carboxylic acids is 2. The van der Waals surface area contributed by atoms with Crippen LogP contribution in [-0.4, -0.2) is 22.3 Å². The van der Waals surface area contributed by atoms with Crippen LogP contribution in [0.25, 0.3) is 0 Å². The minimum atomic E-state index is -0.216. The van der Waals surface area contributed by atoms with Crippen molar-refractivity contribution >= 4 is 23.0 Å². The lowest BCUT2D eigenvalue weighted by molar-refractivity contribution is 0.0960. The van der Waals surface area contributed by atoms with E-state index in [4.69, 9.17) is 0 Å². The van der Waals surface area contributed by atoms with Crippen molar-refractivity contribution < 1.29 is 9.59 Å². The largest absolute Gasteiger partial charge is 0.292 e. The van der Waals surface area contributed by atoms with Crippen LogP contribution in [0.2, 0.25) is 0 Å². The van der Waals surface area contributed by atoms with E-state index >= 15 is 0 Å². The van der Waals surface area contributed by atoms with Gasteiger partial charge in [-0.25, -0.2) is 4.99 Å². The molecular formula is C15H10N2O2. The first-order valence-corrected chi connectivity index (χ1v) is 5.91. The smallest absolute Gasteiger partial charge is 0.209 e. The molecule has 1 aromatic carbocycles. The molecule has 0 fully saturated rings. The second-order valence-electron chi connectivity index (χ2n) is 4.22. The molecule has 4 nitrogen and oxygen atoms in total. The fourth-order valence-corrected chi connectivity index (χ4v) is 2.03. The van der Waals surface area contributed by atoms with E-state index in [0.717, 1.165) is 0 Å². The molecule has 0 saturated carbocycles. The van der Waals surface area contributed by atoms with E-state index in [0.29, 0.717) is 11.3 Å². The van der Waals surface area contributed by atoms with Gasteiger partial charge in [0, 0.05) is 6.20 Å². The number of hydrogen-bond acceptors (Lipinski definition) is 4. The van der Waals surface area contributed by atoms with Crippen LogP contribution in [0, 0.1) is 0 Å². The first kappa shape index (κ1) is 11.5. The maximum absolute atomic E-state index is 12.2. The third kappa shape index (κ3) is 2.08. The minimum Gasteiger partial charge on any atom is -0.292 e. The Labute approximate surface area is 109 Å². The summed E-state index contributed by atoms with van der Waals surface area (Å²) < 4.78 is 0. The summed E-state index contributed by atoms with van der Waals surface area (Å²) in [6.45, 7) is 0. The standard InChI is InChI=1S/C15H10N2O2/c18-13-9-12(17-10-5-2-1-3-6-10)15(19)11-7-4-8-16-14(11)13/h1-8H,9H2.